The van der Waals surface area contributed by atoms with E-state index in [1.165, 1.54) is 24.3 Å². The maximum Gasteiger partial charge on any atom is 0.182 e. The molecule has 0 aromatic heterocycles. The highest BCUT2D eigenvalue weighted by Gasteiger charge is 2.17. The van der Waals surface area contributed by atoms with Crippen LogP contribution in [0.25, 0.3) is 0 Å². The highest BCUT2D eigenvalue weighted by molar-refractivity contribution is 7.90. The fraction of sp³-hybridized carbons (Fsp3) is 0.0769. The van der Waals surface area contributed by atoms with E-state index >= 15 is 0 Å². The van der Waals surface area contributed by atoms with E-state index in [4.69, 9.17) is 17.3 Å². The fourth-order valence-electron chi connectivity index (χ4n) is 1.63. The van der Waals surface area contributed by atoms with Gasteiger partial charge in [-0.05, 0) is 35.9 Å². The summed E-state index contributed by atoms with van der Waals surface area (Å²) in [5, 5.41) is 0.278. The van der Waals surface area contributed by atoms with E-state index in [1.807, 2.05) is 0 Å². The van der Waals surface area contributed by atoms with Crippen LogP contribution in [0.1, 0.15) is 5.56 Å². The fourth-order valence-corrected chi connectivity index (χ4v) is 3.37. The molecule has 0 saturated carbocycles. The maximum atomic E-state index is 13.1. The van der Waals surface area contributed by atoms with Gasteiger partial charge >= 0.3 is 0 Å². The number of halogens is 2. The predicted octanol–water partition coefficient (Wildman–Crippen LogP) is 3.04. The Labute approximate surface area is 115 Å². The van der Waals surface area contributed by atoms with Gasteiger partial charge in [0.2, 0.25) is 0 Å². The zero-order valence-electron chi connectivity index (χ0n) is 9.81. The first-order valence-corrected chi connectivity index (χ1v) is 7.44. The largest absolute Gasteiger partial charge is 0.399 e. The molecule has 2 aromatic rings. The van der Waals surface area contributed by atoms with Crippen LogP contribution in [-0.4, -0.2) is 8.42 Å². The Bertz CT molecular complexity index is 716. The number of rotatable bonds is 3. The Hall–Kier alpha value is -1.59. The molecular formula is C13H11ClFNO2S. The Morgan fingerprint density at radius 3 is 2.53 bits per heavy atom. The molecule has 6 heteroatoms. The molecule has 100 valence electrons. The third-order valence-electron chi connectivity index (χ3n) is 2.58. The molecule has 0 heterocycles. The average molecular weight is 300 g/mol. The second-order valence-electron chi connectivity index (χ2n) is 4.07. The third-order valence-corrected chi connectivity index (χ3v) is 4.59. The number of hydrogen-bond donors (Lipinski definition) is 1. The molecule has 0 aliphatic heterocycles. The summed E-state index contributed by atoms with van der Waals surface area (Å²) in [6.45, 7) is 0. The predicted molar refractivity (Wildman–Crippen MR) is 73.2 cm³/mol. The van der Waals surface area contributed by atoms with Gasteiger partial charge in [0.25, 0.3) is 0 Å². The first-order chi connectivity index (χ1) is 8.88. The molecule has 2 N–H and O–H groups in total. The van der Waals surface area contributed by atoms with Crippen LogP contribution in [0.4, 0.5) is 10.1 Å². The number of anilines is 1. The summed E-state index contributed by atoms with van der Waals surface area (Å²) in [5.74, 6) is -0.889. The van der Waals surface area contributed by atoms with Crippen LogP contribution in [-0.2, 0) is 15.6 Å². The molecule has 0 bridgehead atoms. The van der Waals surface area contributed by atoms with Gasteiger partial charge in [-0.3, -0.25) is 0 Å². The van der Waals surface area contributed by atoms with Crippen LogP contribution in [0.3, 0.4) is 0 Å². The number of hydrogen-bond acceptors (Lipinski definition) is 3. The van der Waals surface area contributed by atoms with Gasteiger partial charge in [-0.15, -0.1) is 0 Å². The normalized spacial score (nSPS) is 11.5. The quantitative estimate of drug-likeness (QED) is 0.886. The van der Waals surface area contributed by atoms with E-state index in [2.05, 4.69) is 0 Å². The topological polar surface area (TPSA) is 60.2 Å². The van der Waals surface area contributed by atoms with Crippen molar-refractivity contribution in [2.24, 2.45) is 0 Å². The van der Waals surface area contributed by atoms with Crippen LogP contribution in [0, 0.1) is 5.82 Å². The maximum absolute atomic E-state index is 13.1. The minimum atomic E-state index is -3.64. The first kappa shape index (κ1) is 13.8. The Morgan fingerprint density at radius 1 is 1.16 bits per heavy atom. The van der Waals surface area contributed by atoms with Crippen molar-refractivity contribution in [1.29, 1.82) is 0 Å². The Kier molecular flexibility index (Phi) is 3.78. The number of benzene rings is 2. The van der Waals surface area contributed by atoms with E-state index in [-0.39, 0.29) is 15.7 Å². The van der Waals surface area contributed by atoms with Crippen LogP contribution >= 0.6 is 11.6 Å². The van der Waals surface area contributed by atoms with Gasteiger partial charge in [0.1, 0.15) is 5.82 Å². The van der Waals surface area contributed by atoms with Crippen molar-refractivity contribution in [2.45, 2.75) is 10.6 Å². The van der Waals surface area contributed by atoms with Gasteiger partial charge in [-0.1, -0.05) is 23.7 Å². The summed E-state index contributed by atoms with van der Waals surface area (Å²) in [4.78, 5) is -0.0691. The molecule has 0 atom stereocenters. The number of nitrogens with two attached hydrogens (primary N) is 1. The third kappa shape index (κ3) is 3.24. The van der Waals surface area contributed by atoms with Crippen molar-refractivity contribution in [3.8, 4) is 0 Å². The molecule has 0 amide bonds. The molecule has 0 spiro atoms. The zero-order chi connectivity index (χ0) is 14.0. The minimum Gasteiger partial charge on any atom is -0.399 e. The summed E-state index contributed by atoms with van der Waals surface area (Å²) < 4.78 is 37.3. The van der Waals surface area contributed by atoms with Crippen molar-refractivity contribution >= 4 is 27.1 Å². The van der Waals surface area contributed by atoms with Gasteiger partial charge in [0.15, 0.2) is 9.84 Å². The summed E-state index contributed by atoms with van der Waals surface area (Å²) in [5.41, 5.74) is 6.42. The molecule has 2 aromatic carbocycles. The molecule has 3 nitrogen and oxygen atoms in total. The van der Waals surface area contributed by atoms with E-state index < -0.39 is 15.7 Å². The highest BCUT2D eigenvalue weighted by atomic mass is 35.5. The Balaban J connectivity index is 2.36. The van der Waals surface area contributed by atoms with Gasteiger partial charge < -0.3 is 5.73 Å². The summed E-state index contributed by atoms with van der Waals surface area (Å²) >= 11 is 5.94. The lowest BCUT2D eigenvalue weighted by Crippen LogP contribution is -2.06. The summed E-state index contributed by atoms with van der Waals surface area (Å²) in [6, 6.07) is 9.49. The molecule has 0 radical (unpaired) electrons. The molecule has 0 saturated heterocycles. The van der Waals surface area contributed by atoms with E-state index in [0.29, 0.717) is 11.3 Å². The molecule has 0 aliphatic carbocycles. The molecule has 0 unspecified atom stereocenters. The smallest absolute Gasteiger partial charge is 0.182 e. The molecule has 2 rings (SSSR count). The minimum absolute atomic E-state index is 0.0691. The zero-order valence-corrected chi connectivity index (χ0v) is 11.4. The summed E-state index contributed by atoms with van der Waals surface area (Å²) in [6.07, 6.45) is 0. The van der Waals surface area contributed by atoms with Gasteiger partial charge in [-0.25, -0.2) is 12.8 Å². The molecule has 19 heavy (non-hydrogen) atoms. The van der Waals surface area contributed by atoms with Gasteiger partial charge in [0, 0.05) is 10.7 Å². The Morgan fingerprint density at radius 2 is 1.89 bits per heavy atom. The molecular weight excluding hydrogens is 289 g/mol. The first-order valence-electron chi connectivity index (χ1n) is 5.41. The van der Waals surface area contributed by atoms with Crippen LogP contribution in [0.15, 0.2) is 47.4 Å². The van der Waals surface area contributed by atoms with Crippen molar-refractivity contribution in [3.63, 3.8) is 0 Å². The van der Waals surface area contributed by atoms with Crippen molar-refractivity contribution < 1.29 is 12.8 Å². The monoisotopic (exact) mass is 299 g/mol. The average Bonchev–Trinajstić information content (AvgIpc) is 2.33. The summed E-state index contributed by atoms with van der Waals surface area (Å²) in [7, 11) is -3.64. The van der Waals surface area contributed by atoms with E-state index in [0.717, 1.165) is 6.07 Å². The lowest BCUT2D eigenvalue weighted by atomic mass is 10.2. The van der Waals surface area contributed by atoms with Crippen molar-refractivity contribution in [1.82, 2.24) is 0 Å². The van der Waals surface area contributed by atoms with E-state index in [9.17, 15) is 12.8 Å². The van der Waals surface area contributed by atoms with Gasteiger partial charge in [0.05, 0.1) is 10.6 Å². The molecule has 0 fully saturated rings. The lowest BCUT2D eigenvalue weighted by molar-refractivity contribution is 0.590. The second-order valence-corrected chi connectivity index (χ2v) is 6.46. The van der Waals surface area contributed by atoms with Crippen molar-refractivity contribution in [2.75, 3.05) is 5.73 Å². The van der Waals surface area contributed by atoms with Crippen LogP contribution in [0.5, 0.6) is 0 Å². The van der Waals surface area contributed by atoms with E-state index in [1.54, 1.807) is 12.1 Å². The number of nitrogen functional groups attached to an aromatic ring is 1. The standard InChI is InChI=1S/C13H11ClFNO2S/c14-13-7-11(16)5-4-9(13)8-19(17,18)12-3-1-2-10(15)6-12/h1-7H,8,16H2. The van der Waals surface area contributed by atoms with Crippen LogP contribution in [0.2, 0.25) is 5.02 Å². The van der Waals surface area contributed by atoms with Crippen molar-refractivity contribution in [3.05, 3.63) is 58.9 Å². The SMILES string of the molecule is Nc1ccc(CS(=O)(=O)c2cccc(F)c2)c(Cl)c1. The lowest BCUT2D eigenvalue weighted by Gasteiger charge is -2.07. The second kappa shape index (κ2) is 5.19. The highest BCUT2D eigenvalue weighted by Crippen LogP contribution is 2.24. The van der Waals surface area contributed by atoms with Crippen LogP contribution < -0.4 is 5.73 Å². The van der Waals surface area contributed by atoms with Gasteiger partial charge in [-0.2, -0.15) is 0 Å². The number of sulfone groups is 1. The molecule has 0 aliphatic rings.